The topological polar surface area (TPSA) is 29.5 Å². The van der Waals surface area contributed by atoms with Crippen LogP contribution < -0.4 is 0 Å². The van der Waals surface area contributed by atoms with Crippen LogP contribution >= 0.6 is 0 Å². The molecule has 0 unspecified atom stereocenters. The second-order valence-electron chi connectivity index (χ2n) is 2.50. The van der Waals surface area contributed by atoms with Gasteiger partial charge in [0.05, 0.1) is 0 Å². The predicted octanol–water partition coefficient (Wildman–Crippen LogP) is 0.847. The van der Waals surface area contributed by atoms with E-state index >= 15 is 0 Å². The number of hydrogen-bond donors (Lipinski definition) is 0. The molecule has 0 aromatic carbocycles. The van der Waals surface area contributed by atoms with Crippen LogP contribution in [0.3, 0.4) is 0 Å². The van der Waals surface area contributed by atoms with E-state index in [2.05, 4.69) is 0 Å². The fraction of sp³-hybridized carbons (Fsp3) is 0.857. The Morgan fingerprint density at radius 2 is 2.10 bits per heavy atom. The van der Waals surface area contributed by atoms with E-state index < -0.39 is 0 Å². The molecule has 0 aliphatic heterocycles. The summed E-state index contributed by atoms with van der Waals surface area (Å²) in [6.07, 6.45) is 0. The molecule has 0 heterocycles. The van der Waals surface area contributed by atoms with Crippen LogP contribution in [0, 0.1) is 0 Å². The first-order valence-electron chi connectivity index (χ1n) is 3.35. The van der Waals surface area contributed by atoms with Crippen LogP contribution in [0.2, 0.25) is 0 Å². The van der Waals surface area contributed by atoms with Crippen molar-refractivity contribution in [3.05, 3.63) is 0 Å². The van der Waals surface area contributed by atoms with Gasteiger partial charge in [-0.15, -0.1) is 0 Å². The zero-order chi connectivity index (χ0) is 8.15. The average Bonchev–Trinajstić information content (AvgIpc) is 1.81. The predicted molar refractivity (Wildman–Crippen MR) is 39.5 cm³/mol. The summed E-state index contributed by atoms with van der Waals surface area (Å²) in [5.41, 5.74) is 0. The second-order valence-corrected chi connectivity index (χ2v) is 2.50. The maximum atomic E-state index is 10.8. The molecule has 10 heavy (non-hydrogen) atoms. The van der Waals surface area contributed by atoms with E-state index in [1.807, 2.05) is 13.8 Å². The molecular weight excluding hydrogens is 130 g/mol. The van der Waals surface area contributed by atoms with Crippen molar-refractivity contribution in [3.8, 4) is 0 Å². The van der Waals surface area contributed by atoms with Crippen LogP contribution in [0.4, 0.5) is 0 Å². The van der Waals surface area contributed by atoms with Crippen molar-refractivity contribution >= 4 is 5.91 Å². The summed E-state index contributed by atoms with van der Waals surface area (Å²) < 4.78 is 4.83. The molecule has 0 rings (SSSR count). The molecule has 0 bridgehead atoms. The normalized spacial score (nSPS) is 10.1. The van der Waals surface area contributed by atoms with Crippen LogP contribution in [-0.4, -0.2) is 30.7 Å². The maximum absolute atomic E-state index is 10.8. The van der Waals surface area contributed by atoms with Gasteiger partial charge in [-0.25, -0.2) is 0 Å². The van der Waals surface area contributed by atoms with Gasteiger partial charge in [0.15, 0.2) is 0 Å². The minimum Gasteiger partial charge on any atom is -0.364 e. The standard InChI is InChI=1S/C7H15NO2/c1-6(2)8(5-10-4)7(3)9/h6H,5H2,1-4H3. The van der Waals surface area contributed by atoms with E-state index in [1.165, 1.54) is 0 Å². The lowest BCUT2D eigenvalue weighted by Crippen LogP contribution is -2.36. The van der Waals surface area contributed by atoms with Gasteiger partial charge in [-0.3, -0.25) is 4.79 Å². The average molecular weight is 145 g/mol. The summed E-state index contributed by atoms with van der Waals surface area (Å²) in [6.45, 7) is 5.84. The second kappa shape index (κ2) is 4.28. The molecule has 0 aromatic heterocycles. The smallest absolute Gasteiger partial charge is 0.221 e. The van der Waals surface area contributed by atoms with Crippen LogP contribution in [0.25, 0.3) is 0 Å². The number of amides is 1. The van der Waals surface area contributed by atoms with E-state index in [1.54, 1.807) is 18.9 Å². The van der Waals surface area contributed by atoms with Gasteiger partial charge < -0.3 is 9.64 Å². The highest BCUT2D eigenvalue weighted by molar-refractivity contribution is 5.73. The number of carbonyl (C=O) groups is 1. The van der Waals surface area contributed by atoms with E-state index in [-0.39, 0.29) is 11.9 Å². The molecule has 60 valence electrons. The molecule has 0 saturated heterocycles. The van der Waals surface area contributed by atoms with Crippen molar-refractivity contribution < 1.29 is 9.53 Å². The summed E-state index contributed by atoms with van der Waals surface area (Å²) in [5.74, 6) is 0.0526. The number of rotatable bonds is 3. The van der Waals surface area contributed by atoms with E-state index in [4.69, 9.17) is 4.74 Å². The third kappa shape index (κ3) is 2.82. The summed E-state index contributed by atoms with van der Waals surface area (Å²) in [6, 6.07) is 0.220. The lowest BCUT2D eigenvalue weighted by atomic mass is 10.3. The van der Waals surface area contributed by atoms with Crippen LogP contribution in [0.15, 0.2) is 0 Å². The highest BCUT2D eigenvalue weighted by Crippen LogP contribution is 1.97. The number of carbonyl (C=O) groups excluding carboxylic acids is 1. The lowest BCUT2D eigenvalue weighted by molar-refractivity contribution is -0.135. The van der Waals surface area contributed by atoms with Gasteiger partial charge in [0, 0.05) is 20.1 Å². The van der Waals surface area contributed by atoms with Gasteiger partial charge in [-0.1, -0.05) is 0 Å². The first-order chi connectivity index (χ1) is 4.59. The molecule has 0 aliphatic rings. The number of ether oxygens (including phenoxy) is 1. The van der Waals surface area contributed by atoms with Crippen molar-refractivity contribution in [2.24, 2.45) is 0 Å². The van der Waals surface area contributed by atoms with E-state index in [0.29, 0.717) is 6.73 Å². The Morgan fingerprint density at radius 1 is 1.60 bits per heavy atom. The molecule has 3 nitrogen and oxygen atoms in total. The van der Waals surface area contributed by atoms with Crippen LogP contribution in [0.5, 0.6) is 0 Å². The zero-order valence-corrected chi connectivity index (χ0v) is 7.05. The van der Waals surface area contributed by atoms with Gasteiger partial charge in [-0.2, -0.15) is 0 Å². The Labute approximate surface area is 62.0 Å². The Hall–Kier alpha value is -0.570. The summed E-state index contributed by atoms with van der Waals surface area (Å²) in [7, 11) is 1.58. The molecule has 3 heteroatoms. The highest BCUT2D eigenvalue weighted by Gasteiger charge is 2.10. The largest absolute Gasteiger partial charge is 0.364 e. The first-order valence-corrected chi connectivity index (χ1v) is 3.35. The van der Waals surface area contributed by atoms with Crippen LogP contribution in [0.1, 0.15) is 20.8 Å². The van der Waals surface area contributed by atoms with Crippen molar-refractivity contribution in [1.29, 1.82) is 0 Å². The molecule has 0 fully saturated rings. The van der Waals surface area contributed by atoms with Gasteiger partial charge >= 0.3 is 0 Å². The number of nitrogens with zero attached hydrogens (tertiary/aromatic N) is 1. The van der Waals surface area contributed by atoms with Gasteiger partial charge in [0.1, 0.15) is 6.73 Å². The minimum absolute atomic E-state index is 0.0526. The molecule has 1 amide bonds. The molecule has 0 spiro atoms. The van der Waals surface area contributed by atoms with Gasteiger partial charge in [0.2, 0.25) is 5.91 Å². The van der Waals surface area contributed by atoms with Gasteiger partial charge in [-0.05, 0) is 13.8 Å². The fourth-order valence-corrected chi connectivity index (χ4v) is 0.743. The summed E-state index contributed by atoms with van der Waals surface area (Å²) >= 11 is 0. The summed E-state index contributed by atoms with van der Waals surface area (Å²) in [4.78, 5) is 12.5. The molecular formula is C7H15NO2. The Balaban J connectivity index is 3.85. The summed E-state index contributed by atoms with van der Waals surface area (Å²) in [5, 5.41) is 0. The fourth-order valence-electron chi connectivity index (χ4n) is 0.743. The third-order valence-corrected chi connectivity index (χ3v) is 1.30. The van der Waals surface area contributed by atoms with Crippen molar-refractivity contribution in [3.63, 3.8) is 0 Å². The highest BCUT2D eigenvalue weighted by atomic mass is 16.5. The molecule has 0 aliphatic carbocycles. The Bertz CT molecular complexity index is 112. The van der Waals surface area contributed by atoms with E-state index in [9.17, 15) is 4.79 Å². The maximum Gasteiger partial charge on any atom is 0.221 e. The SMILES string of the molecule is COCN(C(C)=O)C(C)C. The molecule has 0 saturated carbocycles. The first kappa shape index (κ1) is 9.43. The quantitative estimate of drug-likeness (QED) is 0.551. The van der Waals surface area contributed by atoms with E-state index in [0.717, 1.165) is 0 Å². The van der Waals surface area contributed by atoms with Crippen molar-refractivity contribution in [1.82, 2.24) is 4.90 Å². The van der Waals surface area contributed by atoms with Gasteiger partial charge in [0.25, 0.3) is 0 Å². The number of methoxy groups -OCH3 is 1. The monoisotopic (exact) mass is 145 g/mol. The molecule has 0 aromatic rings. The minimum atomic E-state index is 0.0526. The Kier molecular flexibility index (Phi) is 4.03. The van der Waals surface area contributed by atoms with Crippen LogP contribution in [-0.2, 0) is 9.53 Å². The molecule has 0 N–H and O–H groups in total. The lowest BCUT2D eigenvalue weighted by Gasteiger charge is -2.23. The third-order valence-electron chi connectivity index (χ3n) is 1.30. The molecule has 0 radical (unpaired) electrons. The molecule has 0 atom stereocenters. The number of hydrogen-bond acceptors (Lipinski definition) is 2. The van der Waals surface area contributed by atoms with Crippen molar-refractivity contribution in [2.45, 2.75) is 26.8 Å². The van der Waals surface area contributed by atoms with Crippen molar-refractivity contribution in [2.75, 3.05) is 13.8 Å². The Morgan fingerprint density at radius 3 is 2.20 bits per heavy atom. The zero-order valence-electron chi connectivity index (χ0n) is 7.05.